The highest BCUT2D eigenvalue weighted by Crippen LogP contribution is 2.15. The first kappa shape index (κ1) is 10.9. The Kier molecular flexibility index (Phi) is 3.41. The van der Waals surface area contributed by atoms with Gasteiger partial charge in [0.2, 0.25) is 0 Å². The highest BCUT2D eigenvalue weighted by atomic mass is 32.2. The van der Waals surface area contributed by atoms with E-state index in [1.54, 1.807) is 18.4 Å². The molecule has 1 aromatic rings. The molecule has 0 amide bonds. The maximum Gasteiger partial charge on any atom is 0.307 e. The van der Waals surface area contributed by atoms with E-state index >= 15 is 0 Å². The Hall–Kier alpha value is -1.16. The van der Waals surface area contributed by atoms with Crippen LogP contribution in [0.3, 0.4) is 0 Å². The van der Waals surface area contributed by atoms with Crippen molar-refractivity contribution < 1.29 is 14.1 Å². The molecule has 0 fully saturated rings. The van der Waals surface area contributed by atoms with E-state index in [0.717, 1.165) is 5.56 Å². The van der Waals surface area contributed by atoms with Gasteiger partial charge in [-0.2, -0.15) is 0 Å². The van der Waals surface area contributed by atoms with Gasteiger partial charge in [-0.25, -0.2) is 0 Å². The number of carboxylic acid groups (broad SMARTS) is 1. The normalized spacial score (nSPS) is 12.4. The minimum absolute atomic E-state index is 0.0728. The molecule has 0 bridgehead atoms. The lowest BCUT2D eigenvalue weighted by molar-refractivity contribution is -0.136. The number of benzene rings is 1. The van der Waals surface area contributed by atoms with E-state index in [-0.39, 0.29) is 6.42 Å². The summed E-state index contributed by atoms with van der Waals surface area (Å²) in [7, 11) is -1.13. The maximum atomic E-state index is 11.3. The van der Waals surface area contributed by atoms with Gasteiger partial charge in [-0.1, -0.05) is 17.7 Å². The van der Waals surface area contributed by atoms with Crippen molar-refractivity contribution in [3.05, 3.63) is 29.3 Å². The third kappa shape index (κ3) is 2.67. The Balaban J connectivity index is 3.15. The van der Waals surface area contributed by atoms with E-state index in [1.807, 2.05) is 13.0 Å². The van der Waals surface area contributed by atoms with Crippen LogP contribution in [0.4, 0.5) is 0 Å². The number of aryl methyl sites for hydroxylation is 1. The van der Waals surface area contributed by atoms with Gasteiger partial charge >= 0.3 is 5.97 Å². The quantitative estimate of drug-likeness (QED) is 0.823. The van der Waals surface area contributed by atoms with E-state index in [2.05, 4.69) is 0 Å². The third-order valence-electron chi connectivity index (χ3n) is 1.87. The first-order valence-electron chi connectivity index (χ1n) is 4.15. The molecule has 0 aliphatic carbocycles. The van der Waals surface area contributed by atoms with Gasteiger partial charge in [0, 0.05) is 11.2 Å². The summed E-state index contributed by atoms with van der Waals surface area (Å²) in [4.78, 5) is 11.2. The molecule has 3 nitrogen and oxygen atoms in total. The molecule has 0 spiro atoms. The molecule has 0 unspecified atom stereocenters. The zero-order valence-electron chi connectivity index (χ0n) is 8.11. The van der Waals surface area contributed by atoms with Crippen molar-refractivity contribution in [2.24, 2.45) is 0 Å². The molecule has 14 heavy (non-hydrogen) atoms. The van der Waals surface area contributed by atoms with Gasteiger partial charge in [0.15, 0.2) is 0 Å². The number of aliphatic carboxylic acids is 1. The second-order valence-electron chi connectivity index (χ2n) is 3.14. The van der Waals surface area contributed by atoms with Gasteiger partial charge in [0.05, 0.1) is 17.2 Å². The van der Waals surface area contributed by atoms with Crippen LogP contribution in [-0.4, -0.2) is 21.5 Å². The Morgan fingerprint density at radius 2 is 2.14 bits per heavy atom. The molecule has 4 heteroatoms. The number of rotatable bonds is 3. The predicted molar refractivity (Wildman–Crippen MR) is 54.9 cm³/mol. The van der Waals surface area contributed by atoms with Crippen LogP contribution in [0.2, 0.25) is 0 Å². The molecular formula is C10H12O3S. The lowest BCUT2D eigenvalue weighted by Gasteiger charge is -2.05. The molecule has 1 aromatic carbocycles. The minimum atomic E-state index is -1.13. The highest BCUT2D eigenvalue weighted by Gasteiger charge is 2.09. The van der Waals surface area contributed by atoms with Crippen LogP contribution in [0.5, 0.6) is 0 Å². The monoisotopic (exact) mass is 212 g/mol. The van der Waals surface area contributed by atoms with E-state index < -0.39 is 16.8 Å². The molecule has 0 heterocycles. The summed E-state index contributed by atoms with van der Waals surface area (Å²) in [6, 6.07) is 5.33. The van der Waals surface area contributed by atoms with Crippen molar-refractivity contribution in [1.82, 2.24) is 0 Å². The van der Waals surface area contributed by atoms with Crippen molar-refractivity contribution >= 4 is 16.8 Å². The molecule has 0 saturated carbocycles. The number of carbonyl (C=O) groups is 1. The molecule has 1 atom stereocenters. The van der Waals surface area contributed by atoms with Crippen molar-refractivity contribution in [1.29, 1.82) is 0 Å². The first-order valence-corrected chi connectivity index (χ1v) is 5.71. The first-order chi connectivity index (χ1) is 6.50. The zero-order chi connectivity index (χ0) is 10.7. The van der Waals surface area contributed by atoms with E-state index in [4.69, 9.17) is 5.11 Å². The fraction of sp³-hybridized carbons (Fsp3) is 0.300. The van der Waals surface area contributed by atoms with Gasteiger partial charge in [-0.05, 0) is 18.6 Å². The second-order valence-corrected chi connectivity index (χ2v) is 4.48. The Labute approximate surface area is 85.2 Å². The van der Waals surface area contributed by atoms with Crippen LogP contribution in [0.25, 0.3) is 0 Å². The smallest absolute Gasteiger partial charge is 0.307 e. The van der Waals surface area contributed by atoms with E-state index in [1.165, 1.54) is 0 Å². The molecule has 0 saturated heterocycles. The van der Waals surface area contributed by atoms with Crippen LogP contribution in [0.1, 0.15) is 11.1 Å². The van der Waals surface area contributed by atoms with Crippen LogP contribution >= 0.6 is 0 Å². The molecule has 0 radical (unpaired) electrons. The minimum Gasteiger partial charge on any atom is -0.481 e. The Morgan fingerprint density at radius 1 is 1.50 bits per heavy atom. The average Bonchev–Trinajstić information content (AvgIpc) is 2.01. The topological polar surface area (TPSA) is 54.4 Å². The predicted octanol–water partition coefficient (Wildman–Crippen LogP) is 1.36. The number of carboxylic acids is 1. The largest absolute Gasteiger partial charge is 0.481 e. The Morgan fingerprint density at radius 3 is 2.64 bits per heavy atom. The standard InChI is InChI=1S/C10H12O3S/c1-7-3-4-9(14(2)13)8(5-7)6-10(11)12/h3-5H,6H2,1-2H3,(H,11,12)/t14-/m1/s1. The molecule has 0 aliphatic heterocycles. The summed E-state index contributed by atoms with van der Waals surface area (Å²) >= 11 is 0. The molecule has 1 N–H and O–H groups in total. The van der Waals surface area contributed by atoms with Crippen molar-refractivity contribution in [3.8, 4) is 0 Å². The van der Waals surface area contributed by atoms with Gasteiger partial charge < -0.3 is 5.11 Å². The fourth-order valence-electron chi connectivity index (χ4n) is 1.29. The maximum absolute atomic E-state index is 11.3. The van der Waals surface area contributed by atoms with Crippen molar-refractivity contribution in [2.45, 2.75) is 18.2 Å². The summed E-state index contributed by atoms with van der Waals surface area (Å²) in [5.41, 5.74) is 1.62. The van der Waals surface area contributed by atoms with Crippen LogP contribution in [-0.2, 0) is 22.0 Å². The van der Waals surface area contributed by atoms with Crippen molar-refractivity contribution in [3.63, 3.8) is 0 Å². The SMILES string of the molecule is Cc1ccc([S@@](C)=O)c(CC(=O)O)c1. The fourth-order valence-corrected chi connectivity index (χ4v) is 2.05. The molecule has 0 aromatic heterocycles. The lowest BCUT2D eigenvalue weighted by Crippen LogP contribution is -2.04. The number of hydrogen-bond donors (Lipinski definition) is 1. The van der Waals surface area contributed by atoms with Crippen LogP contribution in [0.15, 0.2) is 23.1 Å². The number of hydrogen-bond acceptors (Lipinski definition) is 2. The van der Waals surface area contributed by atoms with Gasteiger partial charge in [-0.15, -0.1) is 0 Å². The van der Waals surface area contributed by atoms with Gasteiger partial charge in [-0.3, -0.25) is 9.00 Å². The third-order valence-corrected chi connectivity index (χ3v) is 2.89. The molecular weight excluding hydrogens is 200 g/mol. The summed E-state index contributed by atoms with van der Waals surface area (Å²) in [6.07, 6.45) is 1.48. The van der Waals surface area contributed by atoms with Gasteiger partial charge in [0.25, 0.3) is 0 Å². The average molecular weight is 212 g/mol. The van der Waals surface area contributed by atoms with Crippen LogP contribution in [0, 0.1) is 6.92 Å². The summed E-state index contributed by atoms with van der Waals surface area (Å²) < 4.78 is 11.3. The zero-order valence-corrected chi connectivity index (χ0v) is 8.93. The summed E-state index contributed by atoms with van der Waals surface area (Å²) in [6.45, 7) is 1.88. The van der Waals surface area contributed by atoms with Gasteiger partial charge in [0.1, 0.15) is 0 Å². The lowest BCUT2D eigenvalue weighted by atomic mass is 10.1. The van der Waals surface area contributed by atoms with E-state index in [9.17, 15) is 9.00 Å². The summed E-state index contributed by atoms with van der Waals surface area (Å²) in [5.74, 6) is -0.901. The Bertz CT molecular complexity index is 385. The van der Waals surface area contributed by atoms with E-state index in [0.29, 0.717) is 10.5 Å². The second kappa shape index (κ2) is 4.37. The molecule has 76 valence electrons. The molecule has 0 aliphatic rings. The molecule has 1 rings (SSSR count). The van der Waals surface area contributed by atoms with Crippen molar-refractivity contribution in [2.75, 3.05) is 6.26 Å². The highest BCUT2D eigenvalue weighted by molar-refractivity contribution is 7.84. The van der Waals surface area contributed by atoms with Crippen LogP contribution < -0.4 is 0 Å². The summed E-state index contributed by atoms with van der Waals surface area (Å²) in [5, 5.41) is 8.67.